The Labute approximate surface area is 88.8 Å². The molecule has 0 amide bonds. The summed E-state index contributed by atoms with van der Waals surface area (Å²) in [5.74, 6) is 1.35. The number of hydrogen-bond acceptors (Lipinski definition) is 4. The Balaban J connectivity index is 1.76. The minimum atomic E-state index is -0.0583. The van der Waals surface area contributed by atoms with E-state index >= 15 is 0 Å². The van der Waals surface area contributed by atoms with Crippen LogP contribution in [0.1, 0.15) is 24.4 Å². The summed E-state index contributed by atoms with van der Waals surface area (Å²) < 4.78 is 16.2. The van der Waals surface area contributed by atoms with Crippen LogP contribution in [0.2, 0.25) is 0 Å². The van der Waals surface area contributed by atoms with Crippen LogP contribution in [0.3, 0.4) is 0 Å². The van der Waals surface area contributed by atoms with Crippen molar-refractivity contribution >= 4 is 0 Å². The van der Waals surface area contributed by atoms with Gasteiger partial charge in [-0.3, -0.25) is 0 Å². The molecule has 0 aromatic carbocycles. The number of aliphatic hydroxyl groups is 1. The van der Waals surface area contributed by atoms with Gasteiger partial charge < -0.3 is 19.0 Å². The molecule has 1 aliphatic rings. The van der Waals surface area contributed by atoms with Gasteiger partial charge in [0.05, 0.1) is 6.10 Å². The molecule has 1 aromatic rings. The molecule has 1 saturated heterocycles. The molecular formula is C11H16O4. The van der Waals surface area contributed by atoms with Crippen molar-refractivity contribution < 1.29 is 19.0 Å². The predicted octanol–water partition coefficient (Wildman–Crippen LogP) is 1.47. The van der Waals surface area contributed by atoms with Gasteiger partial charge in [0.25, 0.3) is 0 Å². The average Bonchev–Trinajstić information content (AvgIpc) is 2.76. The highest BCUT2D eigenvalue weighted by Crippen LogP contribution is 2.15. The van der Waals surface area contributed by atoms with Gasteiger partial charge in [0.15, 0.2) is 0 Å². The zero-order chi connectivity index (χ0) is 10.5. The first-order chi connectivity index (χ1) is 7.38. The first-order valence-corrected chi connectivity index (χ1v) is 5.26. The maximum atomic E-state index is 8.82. The molecule has 0 atom stereocenters. The lowest BCUT2D eigenvalue weighted by atomic mass is 10.1. The van der Waals surface area contributed by atoms with Gasteiger partial charge >= 0.3 is 0 Å². The van der Waals surface area contributed by atoms with Crippen LogP contribution < -0.4 is 0 Å². The zero-order valence-electron chi connectivity index (χ0n) is 8.65. The van der Waals surface area contributed by atoms with Crippen molar-refractivity contribution in [2.24, 2.45) is 0 Å². The fourth-order valence-electron chi connectivity index (χ4n) is 1.63. The van der Waals surface area contributed by atoms with Crippen LogP contribution in [0.15, 0.2) is 16.5 Å². The minimum absolute atomic E-state index is 0.0583. The van der Waals surface area contributed by atoms with Crippen LogP contribution in [0.25, 0.3) is 0 Å². The third kappa shape index (κ3) is 3.06. The van der Waals surface area contributed by atoms with Crippen molar-refractivity contribution in [1.29, 1.82) is 0 Å². The van der Waals surface area contributed by atoms with Crippen LogP contribution in [0.4, 0.5) is 0 Å². The zero-order valence-corrected chi connectivity index (χ0v) is 8.65. The molecule has 1 fully saturated rings. The second-order valence-electron chi connectivity index (χ2n) is 3.65. The molecule has 15 heavy (non-hydrogen) atoms. The number of ether oxygens (including phenoxy) is 2. The van der Waals surface area contributed by atoms with Gasteiger partial charge in [-0.15, -0.1) is 0 Å². The molecular weight excluding hydrogens is 196 g/mol. The van der Waals surface area contributed by atoms with Gasteiger partial charge in [0.1, 0.15) is 24.7 Å². The Kier molecular flexibility index (Phi) is 3.77. The molecule has 0 saturated carbocycles. The van der Waals surface area contributed by atoms with Gasteiger partial charge in [-0.05, 0) is 25.0 Å². The lowest BCUT2D eigenvalue weighted by Gasteiger charge is -2.21. The van der Waals surface area contributed by atoms with Crippen LogP contribution in [-0.4, -0.2) is 24.4 Å². The Morgan fingerprint density at radius 3 is 2.67 bits per heavy atom. The summed E-state index contributed by atoms with van der Waals surface area (Å²) in [5.41, 5.74) is 0. The maximum Gasteiger partial charge on any atom is 0.130 e. The topological polar surface area (TPSA) is 51.8 Å². The Morgan fingerprint density at radius 2 is 2.00 bits per heavy atom. The number of furan rings is 1. The molecule has 1 aliphatic heterocycles. The third-order valence-corrected chi connectivity index (χ3v) is 2.50. The largest absolute Gasteiger partial charge is 0.461 e. The van der Waals surface area contributed by atoms with Crippen LogP contribution in [0, 0.1) is 0 Å². The number of hydrogen-bond donors (Lipinski definition) is 1. The Bertz CT molecular complexity index is 289. The fourth-order valence-corrected chi connectivity index (χ4v) is 1.63. The van der Waals surface area contributed by atoms with E-state index in [2.05, 4.69) is 0 Å². The molecule has 84 valence electrons. The van der Waals surface area contributed by atoms with Crippen molar-refractivity contribution in [2.45, 2.75) is 32.2 Å². The average molecular weight is 212 g/mol. The maximum absolute atomic E-state index is 8.82. The van der Waals surface area contributed by atoms with Crippen molar-refractivity contribution in [2.75, 3.05) is 13.2 Å². The third-order valence-electron chi connectivity index (χ3n) is 2.50. The molecule has 1 aromatic heterocycles. The standard InChI is InChI=1S/C11H16O4/c12-7-10-1-2-11(15-10)8-14-9-3-5-13-6-4-9/h1-2,9,12H,3-8H2. The molecule has 2 rings (SSSR count). The van der Waals surface area contributed by atoms with E-state index in [-0.39, 0.29) is 12.7 Å². The molecule has 0 unspecified atom stereocenters. The molecule has 0 aliphatic carbocycles. The highest BCUT2D eigenvalue weighted by molar-refractivity contribution is 5.05. The van der Waals surface area contributed by atoms with Crippen molar-refractivity contribution in [3.05, 3.63) is 23.7 Å². The van der Waals surface area contributed by atoms with Crippen LogP contribution in [-0.2, 0) is 22.7 Å². The second kappa shape index (κ2) is 5.30. The van der Waals surface area contributed by atoms with Gasteiger partial charge in [-0.25, -0.2) is 0 Å². The van der Waals surface area contributed by atoms with Gasteiger partial charge in [-0.1, -0.05) is 0 Å². The van der Waals surface area contributed by atoms with E-state index in [0.29, 0.717) is 12.4 Å². The SMILES string of the molecule is OCc1ccc(COC2CCOCC2)o1. The second-order valence-corrected chi connectivity index (χ2v) is 3.65. The summed E-state index contributed by atoms with van der Waals surface area (Å²) in [7, 11) is 0. The van der Waals surface area contributed by atoms with E-state index in [4.69, 9.17) is 19.0 Å². The first kappa shape index (κ1) is 10.7. The van der Waals surface area contributed by atoms with Crippen LogP contribution in [0.5, 0.6) is 0 Å². The lowest BCUT2D eigenvalue weighted by Crippen LogP contribution is -2.23. The summed E-state index contributed by atoms with van der Waals surface area (Å²) in [4.78, 5) is 0. The van der Waals surface area contributed by atoms with E-state index in [1.54, 1.807) is 6.07 Å². The first-order valence-electron chi connectivity index (χ1n) is 5.26. The number of aliphatic hydroxyl groups excluding tert-OH is 1. The summed E-state index contributed by atoms with van der Waals surface area (Å²) >= 11 is 0. The monoisotopic (exact) mass is 212 g/mol. The smallest absolute Gasteiger partial charge is 0.130 e. The molecule has 1 N–H and O–H groups in total. The quantitative estimate of drug-likeness (QED) is 0.821. The molecule has 0 spiro atoms. The summed E-state index contributed by atoms with van der Waals surface area (Å²) in [6.07, 6.45) is 2.18. The Hall–Kier alpha value is -0.840. The normalized spacial score (nSPS) is 18.2. The predicted molar refractivity (Wildman–Crippen MR) is 53.3 cm³/mol. The molecule has 2 heterocycles. The van der Waals surface area contributed by atoms with Crippen molar-refractivity contribution in [1.82, 2.24) is 0 Å². The van der Waals surface area contributed by atoms with Crippen LogP contribution >= 0.6 is 0 Å². The Morgan fingerprint density at radius 1 is 1.27 bits per heavy atom. The number of rotatable bonds is 4. The van der Waals surface area contributed by atoms with Crippen molar-refractivity contribution in [3.8, 4) is 0 Å². The van der Waals surface area contributed by atoms with Gasteiger partial charge in [0, 0.05) is 13.2 Å². The molecule has 4 nitrogen and oxygen atoms in total. The highest BCUT2D eigenvalue weighted by atomic mass is 16.5. The summed E-state index contributed by atoms with van der Waals surface area (Å²) in [6.45, 7) is 1.98. The molecule has 4 heteroatoms. The van der Waals surface area contributed by atoms with Gasteiger partial charge in [-0.2, -0.15) is 0 Å². The minimum Gasteiger partial charge on any atom is -0.461 e. The van der Waals surface area contributed by atoms with E-state index in [1.807, 2.05) is 6.07 Å². The van der Waals surface area contributed by atoms with E-state index in [0.717, 1.165) is 31.8 Å². The van der Waals surface area contributed by atoms with Crippen molar-refractivity contribution in [3.63, 3.8) is 0 Å². The van der Waals surface area contributed by atoms with E-state index < -0.39 is 0 Å². The fraction of sp³-hybridized carbons (Fsp3) is 0.636. The molecule has 0 radical (unpaired) electrons. The van der Waals surface area contributed by atoms with E-state index in [1.165, 1.54) is 0 Å². The molecule has 0 bridgehead atoms. The van der Waals surface area contributed by atoms with Gasteiger partial charge in [0.2, 0.25) is 0 Å². The summed E-state index contributed by atoms with van der Waals surface area (Å²) in [6, 6.07) is 3.60. The highest BCUT2D eigenvalue weighted by Gasteiger charge is 2.14. The van der Waals surface area contributed by atoms with E-state index in [9.17, 15) is 0 Å². The lowest BCUT2D eigenvalue weighted by molar-refractivity contribution is -0.0437. The summed E-state index contributed by atoms with van der Waals surface area (Å²) in [5, 5.41) is 8.82.